The average Bonchev–Trinajstić information content (AvgIpc) is 3.09. The summed E-state index contributed by atoms with van der Waals surface area (Å²) in [7, 11) is 0. The molecule has 1 heterocycles. The highest BCUT2D eigenvalue weighted by atomic mass is 16.5. The number of carbonyl (C=O) groups is 1. The van der Waals surface area contributed by atoms with Crippen molar-refractivity contribution in [2.24, 2.45) is 5.92 Å². The summed E-state index contributed by atoms with van der Waals surface area (Å²) in [6, 6.07) is 0. The van der Waals surface area contributed by atoms with Gasteiger partial charge in [-0.3, -0.25) is 4.79 Å². The van der Waals surface area contributed by atoms with Gasteiger partial charge in [-0.2, -0.15) is 0 Å². The van der Waals surface area contributed by atoms with E-state index in [1.807, 2.05) is 13.8 Å². The molecule has 94 valence electrons. The van der Waals surface area contributed by atoms with Gasteiger partial charge in [0.25, 0.3) is 0 Å². The quantitative estimate of drug-likeness (QED) is 0.722. The lowest BCUT2D eigenvalue weighted by Crippen LogP contribution is -2.32. The molecule has 0 aliphatic heterocycles. The Kier molecular flexibility index (Phi) is 3.78. The van der Waals surface area contributed by atoms with Crippen molar-refractivity contribution in [3.05, 3.63) is 17.0 Å². The van der Waals surface area contributed by atoms with Crippen molar-refractivity contribution in [1.29, 1.82) is 0 Å². The van der Waals surface area contributed by atoms with Crippen LogP contribution in [0, 0.1) is 19.8 Å². The zero-order chi connectivity index (χ0) is 12.3. The molecule has 2 rings (SSSR count). The van der Waals surface area contributed by atoms with Crippen LogP contribution in [0.2, 0.25) is 0 Å². The van der Waals surface area contributed by atoms with Crippen LogP contribution >= 0.6 is 0 Å². The third-order valence-electron chi connectivity index (χ3n) is 3.03. The number of nitrogens with zero attached hydrogens (tertiary/aromatic N) is 1. The van der Waals surface area contributed by atoms with Crippen molar-refractivity contribution in [1.82, 2.24) is 15.8 Å². The third-order valence-corrected chi connectivity index (χ3v) is 3.03. The lowest BCUT2D eigenvalue weighted by atomic mass is 10.2. The molecule has 1 aromatic heterocycles. The molecular formula is C12H19N3O2. The summed E-state index contributed by atoms with van der Waals surface area (Å²) in [5, 5.41) is 10.1. The summed E-state index contributed by atoms with van der Waals surface area (Å²) in [6.45, 7) is 6.02. The van der Waals surface area contributed by atoms with Gasteiger partial charge in [-0.05, 0) is 26.7 Å². The van der Waals surface area contributed by atoms with Gasteiger partial charge in [-0.15, -0.1) is 0 Å². The van der Waals surface area contributed by atoms with Gasteiger partial charge in [0.15, 0.2) is 0 Å². The highest BCUT2D eigenvalue weighted by Gasteiger charge is 2.28. The molecule has 0 saturated heterocycles. The minimum absolute atomic E-state index is 0.198. The van der Waals surface area contributed by atoms with Gasteiger partial charge in [0.05, 0.1) is 5.69 Å². The lowest BCUT2D eigenvalue weighted by molar-refractivity contribution is -0.122. The highest BCUT2D eigenvalue weighted by molar-refractivity contribution is 5.80. The van der Waals surface area contributed by atoms with E-state index in [-0.39, 0.29) is 11.8 Å². The monoisotopic (exact) mass is 237 g/mol. The van der Waals surface area contributed by atoms with Gasteiger partial charge in [-0.25, -0.2) is 0 Å². The Morgan fingerprint density at radius 1 is 1.41 bits per heavy atom. The molecule has 1 amide bonds. The maximum atomic E-state index is 11.3. The number of rotatable bonds is 6. The normalized spacial score (nSPS) is 14.9. The molecular weight excluding hydrogens is 218 g/mol. The molecule has 0 bridgehead atoms. The van der Waals surface area contributed by atoms with Crippen molar-refractivity contribution in [2.75, 3.05) is 13.1 Å². The van der Waals surface area contributed by atoms with Crippen LogP contribution in [-0.4, -0.2) is 24.2 Å². The van der Waals surface area contributed by atoms with Crippen LogP contribution in [0.5, 0.6) is 0 Å². The largest absolute Gasteiger partial charge is 0.361 e. The SMILES string of the molecule is Cc1noc(C)c1CNCCNC(=O)C1CC1. The van der Waals surface area contributed by atoms with E-state index in [1.165, 1.54) is 0 Å². The van der Waals surface area contributed by atoms with E-state index in [2.05, 4.69) is 15.8 Å². The second kappa shape index (κ2) is 5.31. The molecule has 0 atom stereocenters. The maximum Gasteiger partial charge on any atom is 0.223 e. The molecule has 0 radical (unpaired) electrons. The molecule has 1 fully saturated rings. The number of nitrogens with one attached hydrogen (secondary N) is 2. The van der Waals surface area contributed by atoms with Gasteiger partial charge in [0.1, 0.15) is 5.76 Å². The zero-order valence-corrected chi connectivity index (χ0v) is 10.4. The first kappa shape index (κ1) is 12.1. The Morgan fingerprint density at radius 3 is 2.76 bits per heavy atom. The first-order chi connectivity index (χ1) is 8.18. The number of hydrogen-bond acceptors (Lipinski definition) is 4. The lowest BCUT2D eigenvalue weighted by Gasteiger charge is -2.06. The van der Waals surface area contributed by atoms with Crippen LogP contribution in [0.15, 0.2) is 4.52 Å². The predicted molar refractivity (Wildman–Crippen MR) is 63.4 cm³/mol. The summed E-state index contributed by atoms with van der Waals surface area (Å²) in [6.07, 6.45) is 2.11. The zero-order valence-electron chi connectivity index (χ0n) is 10.4. The van der Waals surface area contributed by atoms with Crippen molar-refractivity contribution < 1.29 is 9.32 Å². The molecule has 0 aromatic carbocycles. The van der Waals surface area contributed by atoms with Gasteiger partial charge >= 0.3 is 0 Å². The Labute approximate surface area is 101 Å². The van der Waals surface area contributed by atoms with Crippen molar-refractivity contribution >= 4 is 5.91 Å². The number of aromatic nitrogens is 1. The molecule has 17 heavy (non-hydrogen) atoms. The number of carbonyl (C=O) groups excluding carboxylic acids is 1. The minimum Gasteiger partial charge on any atom is -0.361 e. The molecule has 5 heteroatoms. The van der Waals surface area contributed by atoms with E-state index in [4.69, 9.17) is 4.52 Å². The van der Waals surface area contributed by atoms with E-state index in [0.717, 1.165) is 42.9 Å². The Hall–Kier alpha value is -1.36. The fourth-order valence-corrected chi connectivity index (χ4v) is 1.73. The molecule has 1 saturated carbocycles. The summed E-state index contributed by atoms with van der Waals surface area (Å²) < 4.78 is 5.07. The van der Waals surface area contributed by atoms with Gasteiger partial charge < -0.3 is 15.2 Å². The Morgan fingerprint density at radius 2 is 2.18 bits per heavy atom. The van der Waals surface area contributed by atoms with Crippen LogP contribution in [0.4, 0.5) is 0 Å². The van der Waals surface area contributed by atoms with Crippen molar-refractivity contribution in [3.63, 3.8) is 0 Å². The first-order valence-electron chi connectivity index (χ1n) is 6.08. The standard InChI is InChI=1S/C12H19N3O2/c1-8-11(9(2)17-15-8)7-13-5-6-14-12(16)10-3-4-10/h10,13H,3-7H2,1-2H3,(H,14,16). The van der Waals surface area contributed by atoms with E-state index in [0.29, 0.717) is 6.54 Å². The van der Waals surface area contributed by atoms with Crippen LogP contribution < -0.4 is 10.6 Å². The van der Waals surface area contributed by atoms with Crippen LogP contribution in [0.25, 0.3) is 0 Å². The Balaban J connectivity index is 1.61. The smallest absolute Gasteiger partial charge is 0.223 e. The average molecular weight is 237 g/mol. The minimum atomic E-state index is 0.198. The van der Waals surface area contributed by atoms with Crippen LogP contribution in [0.1, 0.15) is 29.9 Å². The van der Waals surface area contributed by atoms with Crippen molar-refractivity contribution in [2.45, 2.75) is 33.2 Å². The van der Waals surface area contributed by atoms with Gasteiger partial charge in [0, 0.05) is 31.1 Å². The van der Waals surface area contributed by atoms with Crippen LogP contribution in [-0.2, 0) is 11.3 Å². The molecule has 5 nitrogen and oxygen atoms in total. The van der Waals surface area contributed by atoms with E-state index < -0.39 is 0 Å². The Bertz CT molecular complexity index is 377. The fraction of sp³-hybridized carbons (Fsp3) is 0.667. The third kappa shape index (κ3) is 3.30. The second-order valence-corrected chi connectivity index (χ2v) is 4.54. The topological polar surface area (TPSA) is 67.2 Å². The predicted octanol–water partition coefficient (Wildman–Crippen LogP) is 0.907. The molecule has 1 aromatic rings. The van der Waals surface area contributed by atoms with E-state index in [9.17, 15) is 4.79 Å². The summed E-state index contributed by atoms with van der Waals surface area (Å²) in [4.78, 5) is 11.3. The van der Waals surface area contributed by atoms with Gasteiger partial charge in [0.2, 0.25) is 5.91 Å². The number of amides is 1. The highest BCUT2D eigenvalue weighted by Crippen LogP contribution is 2.28. The van der Waals surface area contributed by atoms with Crippen LogP contribution in [0.3, 0.4) is 0 Å². The molecule has 0 unspecified atom stereocenters. The summed E-state index contributed by atoms with van der Waals surface area (Å²) in [5.74, 6) is 1.35. The summed E-state index contributed by atoms with van der Waals surface area (Å²) in [5.41, 5.74) is 2.04. The molecule has 2 N–H and O–H groups in total. The summed E-state index contributed by atoms with van der Waals surface area (Å²) >= 11 is 0. The second-order valence-electron chi connectivity index (χ2n) is 4.54. The van der Waals surface area contributed by atoms with E-state index >= 15 is 0 Å². The number of hydrogen-bond donors (Lipinski definition) is 2. The fourth-order valence-electron chi connectivity index (χ4n) is 1.73. The van der Waals surface area contributed by atoms with Crippen molar-refractivity contribution in [3.8, 4) is 0 Å². The molecule has 1 aliphatic carbocycles. The molecule has 1 aliphatic rings. The number of aryl methyl sites for hydroxylation is 2. The molecule has 0 spiro atoms. The maximum absolute atomic E-state index is 11.3. The first-order valence-corrected chi connectivity index (χ1v) is 6.08. The van der Waals surface area contributed by atoms with E-state index in [1.54, 1.807) is 0 Å². The van der Waals surface area contributed by atoms with Gasteiger partial charge in [-0.1, -0.05) is 5.16 Å².